The number of nitrogens with zero attached hydrogens (tertiary/aromatic N) is 2. The van der Waals surface area contributed by atoms with Gasteiger partial charge in [-0.2, -0.15) is 5.10 Å². The summed E-state index contributed by atoms with van der Waals surface area (Å²) in [5.41, 5.74) is 2.87. The molecule has 1 aromatic carbocycles. The van der Waals surface area contributed by atoms with Crippen molar-refractivity contribution in [1.29, 1.82) is 0 Å². The van der Waals surface area contributed by atoms with Crippen molar-refractivity contribution in [2.75, 3.05) is 6.54 Å². The Morgan fingerprint density at radius 2 is 1.90 bits per heavy atom. The highest BCUT2D eigenvalue weighted by molar-refractivity contribution is 6.31. The third kappa shape index (κ3) is 5.37. The summed E-state index contributed by atoms with van der Waals surface area (Å²) in [5, 5.41) is 11.2. The highest BCUT2D eigenvalue weighted by Gasteiger charge is 2.40. The van der Waals surface area contributed by atoms with Crippen LogP contribution in [-0.4, -0.2) is 33.7 Å². The van der Waals surface area contributed by atoms with Gasteiger partial charge < -0.3 is 10.6 Å². The van der Waals surface area contributed by atoms with Gasteiger partial charge in [-0.3, -0.25) is 14.3 Å². The lowest BCUT2D eigenvalue weighted by Gasteiger charge is -2.36. The van der Waals surface area contributed by atoms with Crippen LogP contribution in [0.25, 0.3) is 6.08 Å². The van der Waals surface area contributed by atoms with Crippen molar-refractivity contribution in [3.8, 4) is 0 Å². The number of nitrogens with one attached hydrogen (secondary N) is 2. The summed E-state index contributed by atoms with van der Waals surface area (Å²) in [7, 11) is 0. The van der Waals surface area contributed by atoms with Gasteiger partial charge in [-0.05, 0) is 51.3 Å². The molecule has 1 aromatic heterocycles. The molecule has 0 bridgehead atoms. The normalized spacial score (nSPS) is 15.7. The summed E-state index contributed by atoms with van der Waals surface area (Å²) in [4.78, 5) is 25.4. The molecule has 6 nitrogen and oxygen atoms in total. The number of carbonyl (C=O) groups is 2. The van der Waals surface area contributed by atoms with Crippen molar-refractivity contribution in [2.24, 2.45) is 0 Å². The van der Waals surface area contributed by atoms with E-state index in [1.165, 1.54) is 6.08 Å². The minimum atomic E-state index is -0.811. The lowest BCUT2D eigenvalue weighted by molar-refractivity contribution is -0.133. The highest BCUT2D eigenvalue weighted by Crippen LogP contribution is 2.28. The minimum Gasteiger partial charge on any atom is -0.354 e. The van der Waals surface area contributed by atoms with Crippen molar-refractivity contribution in [1.82, 2.24) is 20.4 Å². The molecule has 0 saturated heterocycles. The third-order valence-corrected chi connectivity index (χ3v) is 6.33. The fraction of sp³-hybridized carbons (Fsp3) is 0.458. The Balaban J connectivity index is 1.75. The molecule has 166 valence electrons. The number of likely N-dealkylation sites (N-methyl/N-ethyl adjacent to an activating group) is 1. The largest absolute Gasteiger partial charge is 0.354 e. The molecule has 1 aliphatic rings. The number of rotatable bonds is 7. The van der Waals surface area contributed by atoms with E-state index >= 15 is 0 Å². The first-order chi connectivity index (χ1) is 14.9. The second kappa shape index (κ2) is 10.1. The van der Waals surface area contributed by atoms with Crippen molar-refractivity contribution >= 4 is 29.5 Å². The Morgan fingerprint density at radius 3 is 2.58 bits per heavy atom. The molecule has 0 radical (unpaired) electrons. The first-order valence-electron chi connectivity index (χ1n) is 10.9. The first kappa shape index (κ1) is 23.1. The lowest BCUT2D eigenvalue weighted by Crippen LogP contribution is -2.59. The number of amides is 2. The SMILES string of the molecule is CCNC(=O)C1(NC(=O)/C=C/c2c(C)nn(Cc3ccccc3Cl)c2C)CCCCC1. The average molecular weight is 443 g/mol. The number of hydrogen-bond acceptors (Lipinski definition) is 3. The van der Waals surface area contributed by atoms with Gasteiger partial charge >= 0.3 is 0 Å². The number of carbonyl (C=O) groups excluding carboxylic acids is 2. The summed E-state index contributed by atoms with van der Waals surface area (Å²) < 4.78 is 1.89. The molecule has 3 rings (SSSR count). The van der Waals surface area contributed by atoms with E-state index in [0.29, 0.717) is 31.0 Å². The molecule has 1 saturated carbocycles. The average Bonchev–Trinajstić information content (AvgIpc) is 3.01. The number of aromatic nitrogens is 2. The molecule has 2 N–H and O–H groups in total. The standard InChI is InChI=1S/C24H31ClN4O2/c1-4-26-23(31)24(14-8-5-9-15-24)27-22(30)13-12-20-17(2)28-29(18(20)3)16-19-10-6-7-11-21(19)25/h6-7,10-13H,4-5,8-9,14-16H2,1-3H3,(H,26,31)(H,27,30)/b13-12+. The van der Waals surface area contributed by atoms with Crippen LogP contribution in [0.1, 0.15) is 61.5 Å². The van der Waals surface area contributed by atoms with Gasteiger partial charge in [0, 0.05) is 28.9 Å². The van der Waals surface area contributed by atoms with Crippen molar-refractivity contribution in [2.45, 2.75) is 65.0 Å². The van der Waals surface area contributed by atoms with Crippen LogP contribution in [0.5, 0.6) is 0 Å². The minimum absolute atomic E-state index is 0.0867. The van der Waals surface area contributed by atoms with Gasteiger partial charge in [0.15, 0.2) is 0 Å². The van der Waals surface area contributed by atoms with Gasteiger partial charge in [0.2, 0.25) is 11.8 Å². The monoisotopic (exact) mass is 442 g/mol. The van der Waals surface area contributed by atoms with Crippen LogP contribution in [0.4, 0.5) is 0 Å². The van der Waals surface area contributed by atoms with Crippen molar-refractivity contribution in [3.63, 3.8) is 0 Å². The summed E-state index contributed by atoms with van der Waals surface area (Å²) in [6.45, 7) is 6.90. The molecule has 2 aromatic rings. The first-order valence-corrected chi connectivity index (χ1v) is 11.3. The molecule has 1 fully saturated rings. The quantitative estimate of drug-likeness (QED) is 0.632. The molecule has 1 heterocycles. The van der Waals surface area contributed by atoms with E-state index in [9.17, 15) is 9.59 Å². The summed E-state index contributed by atoms with van der Waals surface area (Å²) >= 11 is 6.29. The van der Waals surface area contributed by atoms with E-state index in [-0.39, 0.29) is 11.8 Å². The van der Waals surface area contributed by atoms with E-state index in [0.717, 1.165) is 41.8 Å². The Hall–Kier alpha value is -2.60. The fourth-order valence-corrected chi connectivity index (χ4v) is 4.42. The predicted octanol–water partition coefficient (Wildman–Crippen LogP) is 4.17. The number of hydrogen-bond donors (Lipinski definition) is 2. The molecule has 7 heteroatoms. The van der Waals surface area contributed by atoms with E-state index in [1.807, 2.05) is 49.7 Å². The smallest absolute Gasteiger partial charge is 0.245 e. The van der Waals surface area contributed by atoms with Gasteiger partial charge in [0.1, 0.15) is 5.54 Å². The molecule has 31 heavy (non-hydrogen) atoms. The maximum atomic E-state index is 12.7. The van der Waals surface area contributed by atoms with Crippen molar-refractivity contribution < 1.29 is 9.59 Å². The zero-order valence-electron chi connectivity index (χ0n) is 18.5. The Kier molecular flexibility index (Phi) is 7.55. The van der Waals surface area contributed by atoms with Gasteiger partial charge in [-0.1, -0.05) is 49.1 Å². The van der Waals surface area contributed by atoms with Crippen LogP contribution in [0.15, 0.2) is 30.3 Å². The van der Waals surface area contributed by atoms with E-state index in [4.69, 9.17) is 11.6 Å². The fourth-order valence-electron chi connectivity index (χ4n) is 4.22. The van der Waals surface area contributed by atoms with Crippen LogP contribution >= 0.6 is 11.6 Å². The number of halogens is 1. The molecule has 0 spiro atoms. The van der Waals surface area contributed by atoms with E-state index in [2.05, 4.69) is 15.7 Å². The van der Waals surface area contributed by atoms with Crippen LogP contribution in [-0.2, 0) is 16.1 Å². The summed E-state index contributed by atoms with van der Waals surface area (Å²) in [5.74, 6) is -0.345. The summed E-state index contributed by atoms with van der Waals surface area (Å²) in [6, 6.07) is 7.70. The van der Waals surface area contributed by atoms with Crippen LogP contribution in [0.2, 0.25) is 5.02 Å². The van der Waals surface area contributed by atoms with E-state index in [1.54, 1.807) is 6.08 Å². The van der Waals surface area contributed by atoms with Gasteiger partial charge in [-0.15, -0.1) is 0 Å². The predicted molar refractivity (Wildman–Crippen MR) is 124 cm³/mol. The van der Waals surface area contributed by atoms with Crippen molar-refractivity contribution in [3.05, 3.63) is 57.9 Å². The molecule has 0 unspecified atom stereocenters. The summed E-state index contributed by atoms with van der Waals surface area (Å²) in [6.07, 6.45) is 7.60. The molecular weight excluding hydrogens is 412 g/mol. The van der Waals surface area contributed by atoms with Gasteiger partial charge in [0.05, 0.1) is 12.2 Å². The Labute approximate surface area is 189 Å². The number of aryl methyl sites for hydroxylation is 1. The molecule has 2 amide bonds. The van der Waals surface area contributed by atoms with E-state index < -0.39 is 5.54 Å². The second-order valence-electron chi connectivity index (χ2n) is 8.16. The lowest BCUT2D eigenvalue weighted by atomic mass is 9.80. The zero-order valence-corrected chi connectivity index (χ0v) is 19.3. The second-order valence-corrected chi connectivity index (χ2v) is 8.57. The Bertz CT molecular complexity index is 974. The highest BCUT2D eigenvalue weighted by atomic mass is 35.5. The van der Waals surface area contributed by atoms with Crippen LogP contribution in [0, 0.1) is 13.8 Å². The Morgan fingerprint density at radius 1 is 1.19 bits per heavy atom. The van der Waals surface area contributed by atoms with Crippen LogP contribution < -0.4 is 10.6 Å². The maximum absolute atomic E-state index is 12.7. The molecule has 1 aliphatic carbocycles. The third-order valence-electron chi connectivity index (χ3n) is 5.96. The molecular formula is C24H31ClN4O2. The topological polar surface area (TPSA) is 76.0 Å². The maximum Gasteiger partial charge on any atom is 0.245 e. The van der Waals surface area contributed by atoms with Gasteiger partial charge in [-0.25, -0.2) is 0 Å². The molecule has 0 atom stereocenters. The zero-order chi connectivity index (χ0) is 22.4. The van der Waals surface area contributed by atoms with Crippen LogP contribution in [0.3, 0.4) is 0 Å². The molecule has 0 aliphatic heterocycles. The van der Waals surface area contributed by atoms with Gasteiger partial charge in [0.25, 0.3) is 0 Å². The number of benzene rings is 1.